The van der Waals surface area contributed by atoms with E-state index in [9.17, 15) is 13.2 Å². The van der Waals surface area contributed by atoms with Crippen molar-refractivity contribution < 1.29 is 17.6 Å². The van der Waals surface area contributed by atoms with Gasteiger partial charge in [-0.25, -0.2) is 13.4 Å². The Morgan fingerprint density at radius 1 is 1.32 bits per heavy atom. The van der Waals surface area contributed by atoms with Crippen molar-refractivity contribution in [2.45, 2.75) is 12.2 Å². The standard InChI is InChI=1S/C14H15ClN2O4S/c1-16-13(18)6-7-22(19,20)9-12-8-21-14(17-12)10-2-4-11(15)5-3-10/h2-5,8H,6-7,9H2,1H3,(H,16,18). The maximum Gasteiger partial charge on any atom is 0.226 e. The number of nitrogens with zero attached hydrogens (tertiary/aromatic N) is 1. The van der Waals surface area contributed by atoms with Crippen molar-refractivity contribution in [2.75, 3.05) is 12.8 Å². The van der Waals surface area contributed by atoms with Crippen LogP contribution in [0.1, 0.15) is 12.1 Å². The minimum atomic E-state index is -3.42. The van der Waals surface area contributed by atoms with Gasteiger partial charge in [0.15, 0.2) is 9.84 Å². The van der Waals surface area contributed by atoms with Crippen molar-refractivity contribution in [1.29, 1.82) is 0 Å². The second-order valence-corrected chi connectivity index (χ2v) is 7.29. The molecule has 0 aliphatic rings. The zero-order valence-electron chi connectivity index (χ0n) is 11.9. The highest BCUT2D eigenvalue weighted by Crippen LogP contribution is 2.21. The first-order valence-electron chi connectivity index (χ1n) is 6.51. The molecule has 0 spiro atoms. The lowest BCUT2D eigenvalue weighted by atomic mass is 10.2. The van der Waals surface area contributed by atoms with E-state index < -0.39 is 9.84 Å². The van der Waals surface area contributed by atoms with Crippen LogP contribution < -0.4 is 5.32 Å². The van der Waals surface area contributed by atoms with Crippen LogP contribution in [0.25, 0.3) is 11.5 Å². The number of rotatable bonds is 6. The van der Waals surface area contributed by atoms with Crippen LogP contribution in [-0.2, 0) is 20.4 Å². The average molecular weight is 343 g/mol. The van der Waals surface area contributed by atoms with Crippen LogP contribution in [0.3, 0.4) is 0 Å². The topological polar surface area (TPSA) is 89.3 Å². The summed E-state index contributed by atoms with van der Waals surface area (Å²) < 4.78 is 29.1. The van der Waals surface area contributed by atoms with Gasteiger partial charge in [0.05, 0.1) is 17.2 Å². The van der Waals surface area contributed by atoms with Crippen molar-refractivity contribution in [1.82, 2.24) is 10.3 Å². The van der Waals surface area contributed by atoms with Gasteiger partial charge in [-0.3, -0.25) is 4.79 Å². The smallest absolute Gasteiger partial charge is 0.226 e. The predicted molar refractivity (Wildman–Crippen MR) is 83.1 cm³/mol. The highest BCUT2D eigenvalue weighted by molar-refractivity contribution is 7.90. The van der Waals surface area contributed by atoms with Crippen LogP contribution in [0.2, 0.25) is 5.02 Å². The van der Waals surface area contributed by atoms with Gasteiger partial charge in [0, 0.05) is 24.1 Å². The molecule has 2 aromatic rings. The number of nitrogens with one attached hydrogen (secondary N) is 1. The number of hydrogen-bond donors (Lipinski definition) is 1. The normalized spacial score (nSPS) is 11.4. The van der Waals surface area contributed by atoms with E-state index in [0.717, 1.165) is 0 Å². The number of aromatic nitrogens is 1. The Kier molecular flexibility index (Phi) is 5.20. The van der Waals surface area contributed by atoms with Crippen molar-refractivity contribution in [3.63, 3.8) is 0 Å². The number of halogens is 1. The highest BCUT2D eigenvalue weighted by Gasteiger charge is 2.17. The molecule has 1 heterocycles. The third-order valence-electron chi connectivity index (χ3n) is 2.93. The lowest BCUT2D eigenvalue weighted by molar-refractivity contribution is -0.120. The molecule has 0 atom stereocenters. The minimum Gasteiger partial charge on any atom is -0.444 e. The van der Waals surface area contributed by atoms with E-state index in [1.807, 2.05) is 0 Å². The molecule has 0 unspecified atom stereocenters. The molecule has 8 heteroatoms. The molecule has 1 N–H and O–H groups in total. The van der Waals surface area contributed by atoms with Gasteiger partial charge in [-0.2, -0.15) is 0 Å². The number of benzene rings is 1. The van der Waals surface area contributed by atoms with Crippen molar-refractivity contribution in [2.24, 2.45) is 0 Å². The molecule has 1 aromatic heterocycles. The number of carbonyl (C=O) groups excluding carboxylic acids is 1. The van der Waals surface area contributed by atoms with Gasteiger partial charge in [0.25, 0.3) is 0 Å². The lowest BCUT2D eigenvalue weighted by Crippen LogP contribution is -2.22. The third kappa shape index (κ3) is 4.57. The fourth-order valence-corrected chi connectivity index (χ4v) is 3.12. The molecule has 0 saturated heterocycles. The second-order valence-electron chi connectivity index (χ2n) is 4.67. The Hall–Kier alpha value is -1.86. The zero-order valence-corrected chi connectivity index (χ0v) is 13.4. The van der Waals surface area contributed by atoms with Crippen LogP contribution in [0, 0.1) is 0 Å². The Bertz CT molecular complexity index is 753. The van der Waals surface area contributed by atoms with E-state index in [1.54, 1.807) is 24.3 Å². The first-order chi connectivity index (χ1) is 10.4. The maximum absolute atomic E-state index is 11.9. The molecular weight excluding hydrogens is 328 g/mol. The van der Waals surface area contributed by atoms with Crippen molar-refractivity contribution in [3.8, 4) is 11.5 Å². The first-order valence-corrected chi connectivity index (χ1v) is 8.71. The summed E-state index contributed by atoms with van der Waals surface area (Å²) in [7, 11) is -1.96. The first kappa shape index (κ1) is 16.5. The zero-order chi connectivity index (χ0) is 16.2. The van der Waals surface area contributed by atoms with E-state index in [2.05, 4.69) is 10.3 Å². The molecule has 22 heavy (non-hydrogen) atoms. The third-order valence-corrected chi connectivity index (χ3v) is 4.74. The molecule has 0 bridgehead atoms. The molecule has 6 nitrogen and oxygen atoms in total. The summed E-state index contributed by atoms with van der Waals surface area (Å²) in [5.41, 5.74) is 1.01. The van der Waals surface area contributed by atoms with E-state index in [1.165, 1.54) is 13.3 Å². The largest absolute Gasteiger partial charge is 0.444 e. The summed E-state index contributed by atoms with van der Waals surface area (Å²) in [6, 6.07) is 6.86. The number of oxazole rings is 1. The average Bonchev–Trinajstić information content (AvgIpc) is 2.93. The number of amides is 1. The van der Waals surface area contributed by atoms with Gasteiger partial charge in [-0.05, 0) is 24.3 Å². The summed E-state index contributed by atoms with van der Waals surface area (Å²) >= 11 is 5.80. The van der Waals surface area contributed by atoms with Crippen molar-refractivity contribution >= 4 is 27.3 Å². The molecule has 0 aliphatic heterocycles. The van der Waals surface area contributed by atoms with E-state index in [4.69, 9.17) is 16.0 Å². The summed E-state index contributed by atoms with van der Waals surface area (Å²) in [5.74, 6) is -0.476. The highest BCUT2D eigenvalue weighted by atomic mass is 35.5. The summed E-state index contributed by atoms with van der Waals surface area (Å²) in [4.78, 5) is 15.3. The monoisotopic (exact) mass is 342 g/mol. The fourth-order valence-electron chi connectivity index (χ4n) is 1.77. The van der Waals surface area contributed by atoms with Crippen LogP contribution in [0.4, 0.5) is 0 Å². The van der Waals surface area contributed by atoms with Gasteiger partial charge in [-0.15, -0.1) is 0 Å². The van der Waals surface area contributed by atoms with Crippen molar-refractivity contribution in [3.05, 3.63) is 41.2 Å². The molecule has 1 amide bonds. The molecule has 0 fully saturated rings. The van der Waals surface area contributed by atoms with Crippen LogP contribution in [0.5, 0.6) is 0 Å². The quantitative estimate of drug-likeness (QED) is 0.867. The van der Waals surface area contributed by atoms with E-state index >= 15 is 0 Å². The minimum absolute atomic E-state index is 0.0687. The Labute approximate surface area is 133 Å². The van der Waals surface area contributed by atoms with E-state index in [0.29, 0.717) is 22.2 Å². The summed E-state index contributed by atoms with van der Waals surface area (Å²) in [5, 5.41) is 2.97. The molecule has 118 valence electrons. The van der Waals surface area contributed by atoms with Crippen LogP contribution in [0.15, 0.2) is 34.9 Å². The Morgan fingerprint density at radius 3 is 2.64 bits per heavy atom. The SMILES string of the molecule is CNC(=O)CCS(=O)(=O)Cc1coc(-c2ccc(Cl)cc2)n1. The van der Waals surface area contributed by atoms with Crippen LogP contribution >= 0.6 is 11.6 Å². The van der Waals surface area contributed by atoms with Gasteiger partial charge in [0.2, 0.25) is 11.8 Å². The maximum atomic E-state index is 11.9. The fraction of sp³-hybridized carbons (Fsp3) is 0.286. The molecule has 2 rings (SSSR count). The molecule has 0 radical (unpaired) electrons. The van der Waals surface area contributed by atoms with Gasteiger partial charge in [-0.1, -0.05) is 11.6 Å². The van der Waals surface area contributed by atoms with Crippen LogP contribution in [-0.4, -0.2) is 32.1 Å². The van der Waals surface area contributed by atoms with E-state index in [-0.39, 0.29) is 23.8 Å². The summed E-state index contributed by atoms with van der Waals surface area (Å²) in [6.07, 6.45) is 1.24. The predicted octanol–water partition coefficient (Wildman–Crippen LogP) is 2.05. The van der Waals surface area contributed by atoms with Gasteiger partial charge < -0.3 is 9.73 Å². The molecule has 0 saturated carbocycles. The molecular formula is C14H15ClN2O4S. The lowest BCUT2D eigenvalue weighted by Gasteiger charge is -2.01. The van der Waals surface area contributed by atoms with Gasteiger partial charge in [0.1, 0.15) is 6.26 Å². The second kappa shape index (κ2) is 6.93. The Morgan fingerprint density at radius 2 is 2.00 bits per heavy atom. The number of hydrogen-bond acceptors (Lipinski definition) is 5. The molecule has 1 aromatic carbocycles. The number of sulfone groups is 1. The van der Waals surface area contributed by atoms with Gasteiger partial charge >= 0.3 is 0 Å². The Balaban J connectivity index is 2.05. The molecule has 0 aliphatic carbocycles. The number of carbonyl (C=O) groups is 1. The summed E-state index contributed by atoms with van der Waals surface area (Å²) in [6.45, 7) is 0.